The van der Waals surface area contributed by atoms with Crippen LogP contribution in [-0.2, 0) is 9.53 Å². The van der Waals surface area contributed by atoms with Crippen LogP contribution in [0.25, 0.3) is 6.08 Å². The summed E-state index contributed by atoms with van der Waals surface area (Å²) < 4.78 is 4.64. The van der Waals surface area contributed by atoms with Crippen molar-refractivity contribution in [2.45, 2.75) is 19.8 Å². The van der Waals surface area contributed by atoms with Crippen molar-refractivity contribution in [3.8, 4) is 0 Å². The second-order valence-electron chi connectivity index (χ2n) is 5.45. The van der Waals surface area contributed by atoms with Crippen LogP contribution in [0.4, 0.5) is 0 Å². The van der Waals surface area contributed by atoms with E-state index in [0.717, 1.165) is 31.5 Å². The van der Waals surface area contributed by atoms with Gasteiger partial charge in [-0.25, -0.2) is 4.79 Å². The van der Waals surface area contributed by atoms with Gasteiger partial charge in [-0.05, 0) is 42.5 Å². The Morgan fingerprint density at radius 3 is 2.38 bits per heavy atom. The number of rotatable bonds is 3. The molecule has 0 N–H and O–H groups in total. The average molecular weight is 287 g/mol. The molecule has 1 amide bonds. The van der Waals surface area contributed by atoms with Gasteiger partial charge in [-0.15, -0.1) is 0 Å². The molecule has 0 bridgehead atoms. The van der Waals surface area contributed by atoms with Crippen LogP contribution in [0.5, 0.6) is 0 Å². The quantitative estimate of drug-likeness (QED) is 0.634. The third-order valence-electron chi connectivity index (χ3n) is 3.85. The van der Waals surface area contributed by atoms with Gasteiger partial charge in [0.2, 0.25) is 5.91 Å². The minimum absolute atomic E-state index is 0.0546. The van der Waals surface area contributed by atoms with Gasteiger partial charge in [0.25, 0.3) is 0 Å². The SMILES string of the molecule is COC(=O)c1ccc(/C=C/C(=O)N2CCC(C)CC2)cc1. The normalized spacial score (nSPS) is 16.2. The predicted octanol–water partition coefficient (Wildman–Crippen LogP) is 2.74. The third-order valence-corrected chi connectivity index (χ3v) is 3.85. The average Bonchev–Trinajstić information content (AvgIpc) is 2.53. The van der Waals surface area contributed by atoms with Gasteiger partial charge in [0.15, 0.2) is 0 Å². The van der Waals surface area contributed by atoms with Crippen molar-refractivity contribution in [1.82, 2.24) is 4.90 Å². The van der Waals surface area contributed by atoms with E-state index in [2.05, 4.69) is 11.7 Å². The number of likely N-dealkylation sites (tertiary alicyclic amines) is 1. The molecular weight excluding hydrogens is 266 g/mol. The molecule has 0 aliphatic carbocycles. The number of benzene rings is 1. The number of carbonyl (C=O) groups excluding carboxylic acids is 2. The van der Waals surface area contributed by atoms with E-state index >= 15 is 0 Å². The molecular formula is C17H21NO3. The number of methoxy groups -OCH3 is 1. The van der Waals surface area contributed by atoms with Gasteiger partial charge >= 0.3 is 5.97 Å². The van der Waals surface area contributed by atoms with E-state index in [0.29, 0.717) is 11.5 Å². The fourth-order valence-electron chi connectivity index (χ4n) is 2.35. The zero-order chi connectivity index (χ0) is 15.2. The lowest BCUT2D eigenvalue weighted by molar-refractivity contribution is -0.127. The molecule has 1 aromatic carbocycles. The molecule has 1 fully saturated rings. The fourth-order valence-corrected chi connectivity index (χ4v) is 2.35. The number of amides is 1. The number of ether oxygens (including phenoxy) is 1. The maximum Gasteiger partial charge on any atom is 0.337 e. The molecule has 1 aromatic rings. The Kier molecular flexibility index (Phi) is 5.14. The van der Waals surface area contributed by atoms with Crippen LogP contribution in [0.2, 0.25) is 0 Å². The highest BCUT2D eigenvalue weighted by Gasteiger charge is 2.18. The van der Waals surface area contributed by atoms with Gasteiger partial charge in [0, 0.05) is 19.2 Å². The highest BCUT2D eigenvalue weighted by Crippen LogP contribution is 2.16. The molecule has 4 nitrogen and oxygen atoms in total. The molecule has 1 saturated heterocycles. The summed E-state index contributed by atoms with van der Waals surface area (Å²) in [5.74, 6) is 0.409. The number of hydrogen-bond donors (Lipinski definition) is 0. The lowest BCUT2D eigenvalue weighted by atomic mass is 9.99. The van der Waals surface area contributed by atoms with Crippen molar-refractivity contribution >= 4 is 18.0 Å². The Bertz CT molecular complexity index is 525. The maximum atomic E-state index is 12.1. The zero-order valence-corrected chi connectivity index (χ0v) is 12.5. The van der Waals surface area contributed by atoms with Crippen molar-refractivity contribution in [3.63, 3.8) is 0 Å². The third kappa shape index (κ3) is 4.18. The Balaban J connectivity index is 1.94. The topological polar surface area (TPSA) is 46.6 Å². The second kappa shape index (κ2) is 7.07. The van der Waals surface area contributed by atoms with Crippen LogP contribution in [0.15, 0.2) is 30.3 Å². The first kappa shape index (κ1) is 15.3. The molecule has 112 valence electrons. The number of hydrogen-bond acceptors (Lipinski definition) is 3. The number of carbonyl (C=O) groups is 2. The van der Waals surface area contributed by atoms with Crippen molar-refractivity contribution in [2.24, 2.45) is 5.92 Å². The van der Waals surface area contributed by atoms with Gasteiger partial charge in [-0.2, -0.15) is 0 Å². The van der Waals surface area contributed by atoms with Gasteiger partial charge in [-0.3, -0.25) is 4.79 Å². The molecule has 0 radical (unpaired) electrons. The molecule has 1 aliphatic rings. The number of piperidine rings is 1. The molecule has 0 spiro atoms. The van der Waals surface area contributed by atoms with E-state index in [-0.39, 0.29) is 11.9 Å². The van der Waals surface area contributed by atoms with E-state index in [1.807, 2.05) is 4.90 Å². The minimum Gasteiger partial charge on any atom is -0.465 e. The number of nitrogens with zero attached hydrogens (tertiary/aromatic N) is 1. The molecule has 4 heteroatoms. The summed E-state index contributed by atoms with van der Waals surface area (Å²) in [5, 5.41) is 0. The molecule has 21 heavy (non-hydrogen) atoms. The summed E-state index contributed by atoms with van der Waals surface area (Å²) in [5.41, 5.74) is 1.40. The summed E-state index contributed by atoms with van der Waals surface area (Å²) in [6, 6.07) is 6.99. The van der Waals surface area contributed by atoms with Crippen LogP contribution < -0.4 is 0 Å². The summed E-state index contributed by atoms with van der Waals surface area (Å²) in [6.45, 7) is 3.90. The zero-order valence-electron chi connectivity index (χ0n) is 12.5. The Hall–Kier alpha value is -2.10. The Morgan fingerprint density at radius 1 is 1.19 bits per heavy atom. The van der Waals surface area contributed by atoms with Gasteiger partial charge in [-0.1, -0.05) is 19.1 Å². The summed E-state index contributed by atoms with van der Waals surface area (Å²) in [7, 11) is 1.36. The van der Waals surface area contributed by atoms with Crippen LogP contribution in [-0.4, -0.2) is 37.0 Å². The lowest BCUT2D eigenvalue weighted by Gasteiger charge is -2.29. The molecule has 1 aliphatic heterocycles. The Labute approximate surface area is 125 Å². The van der Waals surface area contributed by atoms with E-state index in [1.165, 1.54) is 7.11 Å². The smallest absolute Gasteiger partial charge is 0.337 e. The first-order chi connectivity index (χ1) is 10.1. The van der Waals surface area contributed by atoms with Crippen LogP contribution in [0, 0.1) is 5.92 Å². The fraction of sp³-hybridized carbons (Fsp3) is 0.412. The summed E-state index contributed by atoms with van der Waals surface area (Å²) in [6.07, 6.45) is 5.53. The van der Waals surface area contributed by atoms with Crippen LogP contribution in [0.1, 0.15) is 35.7 Å². The van der Waals surface area contributed by atoms with Gasteiger partial charge in [0.1, 0.15) is 0 Å². The largest absolute Gasteiger partial charge is 0.465 e. The van der Waals surface area contributed by atoms with Crippen LogP contribution in [0.3, 0.4) is 0 Å². The predicted molar refractivity (Wildman–Crippen MR) is 81.8 cm³/mol. The minimum atomic E-state index is -0.357. The molecule has 2 rings (SSSR count). The molecule has 0 unspecified atom stereocenters. The standard InChI is InChI=1S/C17H21NO3/c1-13-9-11-18(12-10-13)16(19)8-5-14-3-6-15(7-4-14)17(20)21-2/h3-8,13H,9-12H2,1-2H3/b8-5+. The summed E-state index contributed by atoms with van der Waals surface area (Å²) >= 11 is 0. The van der Waals surface area contributed by atoms with Crippen molar-refractivity contribution in [1.29, 1.82) is 0 Å². The second-order valence-corrected chi connectivity index (χ2v) is 5.45. The van der Waals surface area contributed by atoms with E-state index < -0.39 is 0 Å². The monoisotopic (exact) mass is 287 g/mol. The molecule has 1 heterocycles. The first-order valence-electron chi connectivity index (χ1n) is 7.25. The van der Waals surface area contributed by atoms with Gasteiger partial charge < -0.3 is 9.64 Å². The van der Waals surface area contributed by atoms with Crippen molar-refractivity contribution in [3.05, 3.63) is 41.5 Å². The van der Waals surface area contributed by atoms with Crippen molar-refractivity contribution in [2.75, 3.05) is 20.2 Å². The van der Waals surface area contributed by atoms with Crippen LogP contribution >= 0.6 is 0 Å². The maximum absolute atomic E-state index is 12.1. The van der Waals surface area contributed by atoms with E-state index in [9.17, 15) is 9.59 Å². The van der Waals surface area contributed by atoms with Crippen molar-refractivity contribution < 1.29 is 14.3 Å². The highest BCUT2D eigenvalue weighted by atomic mass is 16.5. The van der Waals surface area contributed by atoms with E-state index in [4.69, 9.17) is 0 Å². The molecule has 0 atom stereocenters. The summed E-state index contributed by atoms with van der Waals surface area (Å²) in [4.78, 5) is 25.3. The first-order valence-corrected chi connectivity index (χ1v) is 7.25. The van der Waals surface area contributed by atoms with E-state index in [1.54, 1.807) is 36.4 Å². The Morgan fingerprint density at radius 2 is 1.81 bits per heavy atom. The highest BCUT2D eigenvalue weighted by molar-refractivity contribution is 5.92. The molecule has 0 aromatic heterocycles. The lowest BCUT2D eigenvalue weighted by Crippen LogP contribution is -2.36. The molecule has 0 saturated carbocycles. The van der Waals surface area contributed by atoms with Gasteiger partial charge in [0.05, 0.1) is 12.7 Å². The number of esters is 1.